The first-order chi connectivity index (χ1) is 10.3. The Labute approximate surface area is 130 Å². The van der Waals surface area contributed by atoms with Crippen molar-refractivity contribution in [2.45, 2.75) is 38.3 Å². The summed E-state index contributed by atoms with van der Waals surface area (Å²) in [7, 11) is 0. The molecule has 2 fully saturated rings. The van der Waals surface area contributed by atoms with Gasteiger partial charge in [0.15, 0.2) is 0 Å². The third-order valence-electron chi connectivity index (χ3n) is 4.73. The molecule has 5 nitrogen and oxygen atoms in total. The molecule has 1 aromatic rings. The average molecular weight is 308 g/mol. The molecule has 21 heavy (non-hydrogen) atoms. The molecule has 1 saturated carbocycles. The second kappa shape index (κ2) is 6.87. The second-order valence-corrected chi connectivity index (χ2v) is 6.91. The standard InChI is InChI=1S/C15H24N4OS/c16-17-15(20)14-12(5-10-21-14)11-18-6-8-19(9-7-18)13-3-1-2-4-13/h5,10,13H,1-4,6-9,11,16H2,(H,17,20). The topological polar surface area (TPSA) is 61.6 Å². The first-order valence-corrected chi connectivity index (χ1v) is 8.69. The molecule has 0 spiro atoms. The fourth-order valence-corrected chi connectivity index (χ4v) is 4.34. The molecule has 1 aromatic heterocycles. The van der Waals surface area contributed by atoms with Crippen LogP contribution in [0.25, 0.3) is 0 Å². The van der Waals surface area contributed by atoms with Gasteiger partial charge in [0, 0.05) is 38.8 Å². The maximum Gasteiger partial charge on any atom is 0.275 e. The van der Waals surface area contributed by atoms with E-state index in [9.17, 15) is 4.79 Å². The molecule has 2 heterocycles. The third kappa shape index (κ3) is 3.45. The molecule has 1 aliphatic carbocycles. The zero-order valence-corrected chi connectivity index (χ0v) is 13.2. The van der Waals surface area contributed by atoms with Gasteiger partial charge in [-0.3, -0.25) is 20.0 Å². The van der Waals surface area contributed by atoms with E-state index in [4.69, 9.17) is 5.84 Å². The minimum atomic E-state index is -0.176. The van der Waals surface area contributed by atoms with Crippen molar-refractivity contribution < 1.29 is 4.79 Å². The summed E-state index contributed by atoms with van der Waals surface area (Å²) in [6.07, 6.45) is 5.56. The zero-order chi connectivity index (χ0) is 14.7. The van der Waals surface area contributed by atoms with E-state index in [2.05, 4.69) is 15.2 Å². The van der Waals surface area contributed by atoms with Gasteiger partial charge in [-0.2, -0.15) is 0 Å². The van der Waals surface area contributed by atoms with E-state index in [1.165, 1.54) is 37.0 Å². The van der Waals surface area contributed by atoms with Gasteiger partial charge in [0.1, 0.15) is 0 Å². The van der Waals surface area contributed by atoms with Crippen molar-refractivity contribution >= 4 is 17.2 Å². The molecule has 0 atom stereocenters. The fraction of sp³-hybridized carbons (Fsp3) is 0.667. The van der Waals surface area contributed by atoms with Gasteiger partial charge in [-0.1, -0.05) is 12.8 Å². The number of nitrogens with two attached hydrogens (primary N) is 1. The first kappa shape index (κ1) is 15.0. The number of thiophene rings is 1. The van der Waals surface area contributed by atoms with Crippen LogP contribution >= 0.6 is 11.3 Å². The van der Waals surface area contributed by atoms with E-state index >= 15 is 0 Å². The highest BCUT2D eigenvalue weighted by Crippen LogP contribution is 2.25. The van der Waals surface area contributed by atoms with Gasteiger partial charge in [0.2, 0.25) is 0 Å². The Balaban J connectivity index is 1.53. The number of hydrogen-bond acceptors (Lipinski definition) is 5. The van der Waals surface area contributed by atoms with Gasteiger partial charge < -0.3 is 0 Å². The van der Waals surface area contributed by atoms with Crippen LogP contribution in [0.2, 0.25) is 0 Å². The lowest BCUT2D eigenvalue weighted by Crippen LogP contribution is -2.49. The van der Waals surface area contributed by atoms with Gasteiger partial charge in [0.25, 0.3) is 5.91 Å². The molecule has 1 amide bonds. The van der Waals surface area contributed by atoms with Gasteiger partial charge in [0.05, 0.1) is 4.88 Å². The lowest BCUT2D eigenvalue weighted by atomic mass is 10.1. The van der Waals surface area contributed by atoms with Crippen molar-refractivity contribution in [1.29, 1.82) is 0 Å². The number of nitrogens with one attached hydrogen (secondary N) is 1. The Morgan fingerprint density at radius 3 is 2.67 bits per heavy atom. The summed E-state index contributed by atoms with van der Waals surface area (Å²) >= 11 is 1.46. The molecule has 0 bridgehead atoms. The average Bonchev–Trinajstić information content (AvgIpc) is 3.18. The van der Waals surface area contributed by atoms with E-state index in [1.807, 2.05) is 11.4 Å². The molecule has 116 valence electrons. The van der Waals surface area contributed by atoms with Crippen LogP contribution in [0.3, 0.4) is 0 Å². The smallest absolute Gasteiger partial charge is 0.275 e. The maximum atomic E-state index is 11.7. The Morgan fingerprint density at radius 2 is 2.00 bits per heavy atom. The molecule has 6 heteroatoms. The zero-order valence-electron chi connectivity index (χ0n) is 12.4. The highest BCUT2D eigenvalue weighted by molar-refractivity contribution is 7.12. The number of hydrogen-bond donors (Lipinski definition) is 2. The van der Waals surface area contributed by atoms with Crippen LogP contribution in [0.1, 0.15) is 40.9 Å². The van der Waals surface area contributed by atoms with E-state index in [0.717, 1.165) is 49.2 Å². The monoisotopic (exact) mass is 308 g/mol. The summed E-state index contributed by atoms with van der Waals surface area (Å²) in [6, 6.07) is 2.87. The van der Waals surface area contributed by atoms with E-state index in [-0.39, 0.29) is 5.91 Å². The highest BCUT2D eigenvalue weighted by Gasteiger charge is 2.26. The molecule has 2 aliphatic rings. The maximum absolute atomic E-state index is 11.7. The van der Waals surface area contributed by atoms with Crippen molar-refractivity contribution in [2.75, 3.05) is 26.2 Å². The predicted molar refractivity (Wildman–Crippen MR) is 85.1 cm³/mol. The summed E-state index contributed by atoms with van der Waals surface area (Å²) in [5.41, 5.74) is 3.33. The SMILES string of the molecule is NNC(=O)c1sccc1CN1CCN(C2CCCC2)CC1. The second-order valence-electron chi connectivity index (χ2n) is 6.00. The molecule has 1 saturated heterocycles. The Hall–Kier alpha value is -0.950. The van der Waals surface area contributed by atoms with E-state index in [1.54, 1.807) is 0 Å². The minimum absolute atomic E-state index is 0.176. The Morgan fingerprint density at radius 1 is 1.29 bits per heavy atom. The van der Waals surface area contributed by atoms with Crippen LogP contribution in [0.4, 0.5) is 0 Å². The Kier molecular flexibility index (Phi) is 4.90. The van der Waals surface area contributed by atoms with Gasteiger partial charge in [-0.25, -0.2) is 5.84 Å². The van der Waals surface area contributed by atoms with Gasteiger partial charge in [-0.15, -0.1) is 11.3 Å². The number of rotatable bonds is 4. The van der Waals surface area contributed by atoms with E-state index < -0.39 is 0 Å². The van der Waals surface area contributed by atoms with Crippen LogP contribution < -0.4 is 11.3 Å². The first-order valence-electron chi connectivity index (χ1n) is 7.81. The molecule has 3 rings (SSSR count). The molecule has 0 aromatic carbocycles. The quantitative estimate of drug-likeness (QED) is 0.502. The summed E-state index contributed by atoms with van der Waals surface area (Å²) < 4.78 is 0. The number of amides is 1. The molecule has 0 radical (unpaired) electrons. The summed E-state index contributed by atoms with van der Waals surface area (Å²) in [4.78, 5) is 17.6. The Bertz CT molecular complexity index is 476. The van der Waals surface area contributed by atoms with Crippen LogP contribution in [-0.2, 0) is 6.54 Å². The molecule has 0 unspecified atom stereocenters. The lowest BCUT2D eigenvalue weighted by Gasteiger charge is -2.38. The van der Waals surface area contributed by atoms with E-state index in [0.29, 0.717) is 0 Å². The molecule has 1 aliphatic heterocycles. The largest absolute Gasteiger partial charge is 0.298 e. The van der Waals surface area contributed by atoms with Gasteiger partial charge >= 0.3 is 0 Å². The number of nitrogen functional groups attached to an aromatic ring is 1. The van der Waals surface area contributed by atoms with Crippen LogP contribution in [-0.4, -0.2) is 47.9 Å². The molecule has 3 N–H and O–H groups in total. The number of nitrogens with zero attached hydrogens (tertiary/aromatic N) is 2. The van der Waals surface area contributed by atoms with Crippen LogP contribution in [0, 0.1) is 0 Å². The van der Waals surface area contributed by atoms with Crippen LogP contribution in [0.15, 0.2) is 11.4 Å². The summed E-state index contributed by atoms with van der Waals surface area (Å²) in [6.45, 7) is 5.36. The number of carbonyl (C=O) groups excluding carboxylic acids is 1. The summed E-state index contributed by atoms with van der Waals surface area (Å²) in [5, 5.41) is 1.97. The molecular weight excluding hydrogens is 284 g/mol. The number of carbonyl (C=O) groups is 1. The third-order valence-corrected chi connectivity index (χ3v) is 5.68. The van der Waals surface area contributed by atoms with Crippen molar-refractivity contribution in [3.63, 3.8) is 0 Å². The fourth-order valence-electron chi connectivity index (χ4n) is 3.52. The minimum Gasteiger partial charge on any atom is -0.298 e. The number of piperazine rings is 1. The van der Waals surface area contributed by atoms with Crippen molar-refractivity contribution in [2.24, 2.45) is 5.84 Å². The van der Waals surface area contributed by atoms with Crippen molar-refractivity contribution in [1.82, 2.24) is 15.2 Å². The van der Waals surface area contributed by atoms with Crippen molar-refractivity contribution in [3.8, 4) is 0 Å². The van der Waals surface area contributed by atoms with Gasteiger partial charge in [-0.05, 0) is 29.9 Å². The van der Waals surface area contributed by atoms with Crippen molar-refractivity contribution in [3.05, 3.63) is 21.9 Å². The highest BCUT2D eigenvalue weighted by atomic mass is 32.1. The lowest BCUT2D eigenvalue weighted by molar-refractivity contribution is 0.0916. The molecular formula is C15H24N4OS. The normalized spacial score (nSPS) is 21.8. The van der Waals surface area contributed by atoms with Crippen LogP contribution in [0.5, 0.6) is 0 Å². The summed E-state index contributed by atoms with van der Waals surface area (Å²) in [5.74, 6) is 5.06. The predicted octanol–water partition coefficient (Wildman–Crippen LogP) is 1.41. The number of hydrazine groups is 1.